The average Bonchev–Trinajstić information content (AvgIpc) is 2.43. The molecule has 0 aromatic heterocycles. The summed E-state index contributed by atoms with van der Waals surface area (Å²) < 4.78 is 1.60. The molecule has 2 rings (SSSR count). The van der Waals surface area contributed by atoms with Crippen LogP contribution in [-0.2, 0) is 4.79 Å². The van der Waals surface area contributed by atoms with Gasteiger partial charge in [-0.25, -0.2) is 0 Å². The molecule has 0 saturated heterocycles. The van der Waals surface area contributed by atoms with Crippen molar-refractivity contribution >= 4 is 43.5 Å². The lowest BCUT2D eigenvalue weighted by Gasteiger charge is -2.14. The molecule has 0 aliphatic carbocycles. The highest BCUT2D eigenvalue weighted by atomic mass is 79.9. The summed E-state index contributed by atoms with van der Waals surface area (Å²) in [5, 5.41) is 2.82. The first-order valence-electron chi connectivity index (χ1n) is 5.65. The number of amides is 1. The molecule has 1 atom stereocenters. The summed E-state index contributed by atoms with van der Waals surface area (Å²) in [7, 11) is 0. The summed E-state index contributed by atoms with van der Waals surface area (Å²) in [4.78, 5) is 12.1. The van der Waals surface area contributed by atoms with Crippen molar-refractivity contribution in [3.63, 3.8) is 0 Å². The van der Waals surface area contributed by atoms with E-state index in [-0.39, 0.29) is 5.91 Å². The zero-order valence-electron chi connectivity index (χ0n) is 9.94. The van der Waals surface area contributed by atoms with Crippen LogP contribution in [0.25, 0.3) is 0 Å². The van der Waals surface area contributed by atoms with Gasteiger partial charge in [-0.1, -0.05) is 36.4 Å². The average molecular weight is 384 g/mol. The van der Waals surface area contributed by atoms with Crippen molar-refractivity contribution in [2.24, 2.45) is 5.73 Å². The van der Waals surface area contributed by atoms with E-state index in [0.717, 1.165) is 14.5 Å². The Kier molecular flexibility index (Phi) is 4.74. The van der Waals surface area contributed by atoms with Crippen molar-refractivity contribution in [2.45, 2.75) is 6.04 Å². The highest BCUT2D eigenvalue weighted by Crippen LogP contribution is 2.31. The van der Waals surface area contributed by atoms with Crippen molar-refractivity contribution in [2.75, 3.05) is 5.32 Å². The SMILES string of the molecule is N[C@@H](C(=O)Nc1c(Br)cccc1Br)c1ccccc1. The van der Waals surface area contributed by atoms with Crippen LogP contribution in [0.3, 0.4) is 0 Å². The molecule has 0 saturated carbocycles. The highest BCUT2D eigenvalue weighted by Gasteiger charge is 2.17. The standard InChI is InChI=1S/C14H12Br2N2O/c15-10-7-4-8-11(16)13(10)18-14(19)12(17)9-5-2-1-3-6-9/h1-8,12H,17H2,(H,18,19)/t12-/m1/s1. The van der Waals surface area contributed by atoms with E-state index in [1.165, 1.54) is 0 Å². The van der Waals surface area contributed by atoms with Gasteiger partial charge in [0.05, 0.1) is 5.69 Å². The number of benzene rings is 2. The van der Waals surface area contributed by atoms with E-state index >= 15 is 0 Å². The third kappa shape index (κ3) is 3.43. The predicted octanol–water partition coefficient (Wildman–Crippen LogP) is 3.85. The van der Waals surface area contributed by atoms with E-state index in [0.29, 0.717) is 5.69 Å². The molecule has 3 N–H and O–H groups in total. The van der Waals surface area contributed by atoms with Crippen LogP contribution < -0.4 is 11.1 Å². The molecule has 0 aliphatic rings. The van der Waals surface area contributed by atoms with Gasteiger partial charge in [-0.05, 0) is 49.6 Å². The summed E-state index contributed by atoms with van der Waals surface area (Å²) in [6.07, 6.45) is 0. The lowest BCUT2D eigenvalue weighted by atomic mass is 10.1. The second-order valence-corrected chi connectivity index (χ2v) is 5.68. The van der Waals surface area contributed by atoms with Crippen LogP contribution in [0, 0.1) is 0 Å². The molecule has 0 aliphatic heterocycles. The van der Waals surface area contributed by atoms with Gasteiger partial charge in [0.1, 0.15) is 6.04 Å². The molecular formula is C14H12Br2N2O. The van der Waals surface area contributed by atoms with Gasteiger partial charge in [-0.2, -0.15) is 0 Å². The number of nitrogens with one attached hydrogen (secondary N) is 1. The Balaban J connectivity index is 2.18. The largest absolute Gasteiger partial charge is 0.322 e. The van der Waals surface area contributed by atoms with E-state index in [1.807, 2.05) is 48.5 Å². The Labute approximate surface area is 128 Å². The zero-order chi connectivity index (χ0) is 13.8. The minimum atomic E-state index is -0.694. The van der Waals surface area contributed by atoms with Crippen LogP contribution in [0.15, 0.2) is 57.5 Å². The van der Waals surface area contributed by atoms with Crippen LogP contribution >= 0.6 is 31.9 Å². The third-order valence-electron chi connectivity index (χ3n) is 2.65. The number of carbonyl (C=O) groups is 1. The smallest absolute Gasteiger partial charge is 0.245 e. The number of para-hydroxylation sites is 1. The van der Waals surface area contributed by atoms with Gasteiger partial charge in [0, 0.05) is 8.95 Å². The van der Waals surface area contributed by atoms with E-state index in [2.05, 4.69) is 37.2 Å². The van der Waals surface area contributed by atoms with Crippen molar-refractivity contribution in [3.05, 3.63) is 63.0 Å². The summed E-state index contributed by atoms with van der Waals surface area (Å²) in [6.45, 7) is 0. The topological polar surface area (TPSA) is 55.1 Å². The van der Waals surface area contributed by atoms with Gasteiger partial charge in [-0.15, -0.1) is 0 Å². The molecule has 19 heavy (non-hydrogen) atoms. The van der Waals surface area contributed by atoms with Gasteiger partial charge >= 0.3 is 0 Å². The maximum absolute atomic E-state index is 12.1. The molecular weight excluding hydrogens is 372 g/mol. The van der Waals surface area contributed by atoms with Crippen LogP contribution in [0.1, 0.15) is 11.6 Å². The normalized spacial score (nSPS) is 11.9. The van der Waals surface area contributed by atoms with E-state index in [4.69, 9.17) is 5.73 Å². The molecule has 0 bridgehead atoms. The second kappa shape index (κ2) is 6.32. The van der Waals surface area contributed by atoms with Gasteiger partial charge in [0.25, 0.3) is 0 Å². The van der Waals surface area contributed by atoms with Gasteiger partial charge in [-0.3, -0.25) is 4.79 Å². The summed E-state index contributed by atoms with van der Waals surface area (Å²) in [5.41, 5.74) is 7.40. The fourth-order valence-corrected chi connectivity index (χ4v) is 2.83. The van der Waals surface area contributed by atoms with Gasteiger partial charge in [0.15, 0.2) is 0 Å². The van der Waals surface area contributed by atoms with Crippen molar-refractivity contribution in [3.8, 4) is 0 Å². The van der Waals surface area contributed by atoms with Gasteiger partial charge < -0.3 is 11.1 Å². The summed E-state index contributed by atoms with van der Waals surface area (Å²) in [5.74, 6) is -0.251. The summed E-state index contributed by atoms with van der Waals surface area (Å²) >= 11 is 6.79. The third-order valence-corrected chi connectivity index (χ3v) is 3.97. The second-order valence-electron chi connectivity index (χ2n) is 3.97. The Bertz CT molecular complexity index is 567. The van der Waals surface area contributed by atoms with Gasteiger partial charge in [0.2, 0.25) is 5.91 Å². The number of rotatable bonds is 3. The first-order chi connectivity index (χ1) is 9.09. The number of halogens is 2. The molecule has 1 amide bonds. The molecule has 0 radical (unpaired) electrons. The number of nitrogens with two attached hydrogens (primary N) is 1. The molecule has 5 heteroatoms. The Morgan fingerprint density at radius 1 is 1.00 bits per heavy atom. The Morgan fingerprint density at radius 3 is 2.16 bits per heavy atom. The molecule has 0 heterocycles. The van der Waals surface area contributed by atoms with Crippen LogP contribution in [0.2, 0.25) is 0 Å². The molecule has 2 aromatic rings. The monoisotopic (exact) mass is 382 g/mol. The zero-order valence-corrected chi connectivity index (χ0v) is 13.1. The van der Waals surface area contributed by atoms with E-state index in [9.17, 15) is 4.79 Å². The molecule has 0 spiro atoms. The first kappa shape index (κ1) is 14.2. The van der Waals surface area contributed by atoms with Crippen molar-refractivity contribution < 1.29 is 4.79 Å². The number of anilines is 1. The minimum Gasteiger partial charge on any atom is -0.322 e. The maximum atomic E-state index is 12.1. The van der Waals surface area contributed by atoms with Crippen LogP contribution in [-0.4, -0.2) is 5.91 Å². The molecule has 2 aromatic carbocycles. The molecule has 98 valence electrons. The lowest BCUT2D eigenvalue weighted by Crippen LogP contribution is -2.27. The minimum absolute atomic E-state index is 0.251. The molecule has 0 fully saturated rings. The number of hydrogen-bond acceptors (Lipinski definition) is 2. The van der Waals surface area contributed by atoms with E-state index < -0.39 is 6.04 Å². The predicted molar refractivity (Wildman–Crippen MR) is 83.8 cm³/mol. The maximum Gasteiger partial charge on any atom is 0.245 e. The van der Waals surface area contributed by atoms with Crippen LogP contribution in [0.5, 0.6) is 0 Å². The Morgan fingerprint density at radius 2 is 1.58 bits per heavy atom. The number of hydrogen-bond donors (Lipinski definition) is 2. The van der Waals surface area contributed by atoms with Crippen molar-refractivity contribution in [1.82, 2.24) is 0 Å². The molecule has 0 unspecified atom stereocenters. The fraction of sp³-hybridized carbons (Fsp3) is 0.0714. The molecule has 3 nitrogen and oxygen atoms in total. The fourth-order valence-electron chi connectivity index (χ4n) is 1.63. The quantitative estimate of drug-likeness (QED) is 0.845. The highest BCUT2D eigenvalue weighted by molar-refractivity contribution is 9.11. The van der Waals surface area contributed by atoms with Crippen LogP contribution in [0.4, 0.5) is 5.69 Å². The summed E-state index contributed by atoms with van der Waals surface area (Å²) in [6, 6.07) is 14.2. The first-order valence-corrected chi connectivity index (χ1v) is 7.23. The van der Waals surface area contributed by atoms with Crippen molar-refractivity contribution in [1.29, 1.82) is 0 Å². The lowest BCUT2D eigenvalue weighted by molar-refractivity contribution is -0.117. The van der Waals surface area contributed by atoms with E-state index in [1.54, 1.807) is 0 Å². The Hall–Kier alpha value is -1.17. The number of carbonyl (C=O) groups excluding carboxylic acids is 1.